The van der Waals surface area contributed by atoms with Gasteiger partial charge in [0.1, 0.15) is 19.8 Å². The summed E-state index contributed by atoms with van der Waals surface area (Å²) in [7, 11) is 1.16. The fourth-order valence-electron chi connectivity index (χ4n) is 4.82. The van der Waals surface area contributed by atoms with Gasteiger partial charge in [-0.15, -0.1) is 0 Å². The van der Waals surface area contributed by atoms with E-state index >= 15 is 0 Å². The molecule has 0 bridgehead atoms. The standard InChI is InChI=1S/C36H70NO8P/c1-6-8-10-12-14-16-17-18-19-21-22-24-26-28-35(38)42-32-34(33-44-46(40,41)43-31-30-37(3,4)5)45-36(39)29-27-25-23-20-15-13-11-9-7-2/h16-17,34H,6-15,18-33H2,1-5H3/b17-16+/t34-/m1/s1. The predicted octanol–water partition coefficient (Wildman–Crippen LogP) is 8.83. The molecule has 0 spiro atoms. The lowest BCUT2D eigenvalue weighted by Gasteiger charge is -2.28. The van der Waals surface area contributed by atoms with E-state index < -0.39 is 32.5 Å². The van der Waals surface area contributed by atoms with Crippen molar-refractivity contribution in [3.8, 4) is 0 Å². The molecule has 0 rings (SSSR count). The van der Waals surface area contributed by atoms with E-state index in [0.29, 0.717) is 17.4 Å². The minimum Gasteiger partial charge on any atom is -0.756 e. The maximum atomic E-state index is 12.5. The Morgan fingerprint density at radius 3 is 1.63 bits per heavy atom. The van der Waals surface area contributed by atoms with Gasteiger partial charge in [-0.25, -0.2) is 0 Å². The van der Waals surface area contributed by atoms with E-state index in [1.165, 1.54) is 64.2 Å². The number of allylic oxidation sites excluding steroid dienone is 2. The minimum atomic E-state index is -4.61. The lowest BCUT2D eigenvalue weighted by Crippen LogP contribution is -2.37. The Hall–Kier alpha value is -1.25. The second-order valence-electron chi connectivity index (χ2n) is 13.6. The average Bonchev–Trinajstić information content (AvgIpc) is 2.99. The molecule has 0 saturated heterocycles. The van der Waals surface area contributed by atoms with E-state index in [0.717, 1.165) is 57.8 Å². The van der Waals surface area contributed by atoms with Crippen LogP contribution in [0.5, 0.6) is 0 Å². The summed E-state index contributed by atoms with van der Waals surface area (Å²) in [6.45, 7) is 4.16. The molecule has 0 aromatic heterocycles. The first kappa shape index (κ1) is 44.8. The third kappa shape index (κ3) is 32.7. The van der Waals surface area contributed by atoms with Crippen LogP contribution in [-0.4, -0.2) is 70.0 Å². The van der Waals surface area contributed by atoms with Gasteiger partial charge in [0.15, 0.2) is 6.10 Å². The van der Waals surface area contributed by atoms with Gasteiger partial charge in [-0.05, 0) is 38.5 Å². The van der Waals surface area contributed by atoms with Gasteiger partial charge >= 0.3 is 11.9 Å². The van der Waals surface area contributed by atoms with Gasteiger partial charge in [0.2, 0.25) is 0 Å². The second kappa shape index (κ2) is 29.9. The van der Waals surface area contributed by atoms with Gasteiger partial charge < -0.3 is 27.9 Å². The van der Waals surface area contributed by atoms with Crippen molar-refractivity contribution in [2.24, 2.45) is 0 Å². The van der Waals surface area contributed by atoms with Crippen LogP contribution in [0.15, 0.2) is 12.2 Å². The van der Waals surface area contributed by atoms with Crippen LogP contribution in [0.1, 0.15) is 155 Å². The van der Waals surface area contributed by atoms with Crippen LogP contribution in [0.4, 0.5) is 0 Å². The summed E-state index contributed by atoms with van der Waals surface area (Å²) in [6, 6.07) is 0. The zero-order chi connectivity index (χ0) is 34.4. The first-order valence-electron chi connectivity index (χ1n) is 18.4. The predicted molar refractivity (Wildman–Crippen MR) is 185 cm³/mol. The Bertz CT molecular complexity index is 814. The minimum absolute atomic E-state index is 0.0296. The van der Waals surface area contributed by atoms with Gasteiger partial charge in [0.25, 0.3) is 7.82 Å². The molecule has 10 heteroatoms. The fourth-order valence-corrected chi connectivity index (χ4v) is 5.55. The number of hydrogen-bond donors (Lipinski definition) is 0. The van der Waals surface area contributed by atoms with Crippen molar-refractivity contribution in [3.05, 3.63) is 12.2 Å². The van der Waals surface area contributed by atoms with E-state index in [4.69, 9.17) is 18.5 Å². The highest BCUT2D eigenvalue weighted by molar-refractivity contribution is 7.45. The van der Waals surface area contributed by atoms with Crippen LogP contribution in [0, 0.1) is 0 Å². The molecule has 272 valence electrons. The van der Waals surface area contributed by atoms with Crippen LogP contribution in [0.3, 0.4) is 0 Å². The summed E-state index contributed by atoms with van der Waals surface area (Å²) in [5.41, 5.74) is 0. The Labute approximate surface area is 282 Å². The normalized spacial score (nSPS) is 14.0. The van der Waals surface area contributed by atoms with Crippen LogP contribution in [0.2, 0.25) is 0 Å². The monoisotopic (exact) mass is 675 g/mol. The van der Waals surface area contributed by atoms with Gasteiger partial charge in [-0.3, -0.25) is 14.2 Å². The number of carbonyl (C=O) groups excluding carboxylic acids is 2. The molecule has 1 unspecified atom stereocenters. The summed E-state index contributed by atoms with van der Waals surface area (Å²) in [5, 5.41) is 0. The molecule has 0 fully saturated rings. The molecular weight excluding hydrogens is 605 g/mol. The van der Waals surface area contributed by atoms with Crippen molar-refractivity contribution >= 4 is 19.8 Å². The van der Waals surface area contributed by atoms with Crippen molar-refractivity contribution in [2.45, 2.75) is 161 Å². The molecule has 46 heavy (non-hydrogen) atoms. The van der Waals surface area contributed by atoms with Crippen LogP contribution >= 0.6 is 7.82 Å². The maximum absolute atomic E-state index is 12.5. The van der Waals surface area contributed by atoms with Crippen LogP contribution < -0.4 is 4.89 Å². The van der Waals surface area contributed by atoms with Crippen molar-refractivity contribution in [2.75, 3.05) is 47.5 Å². The molecule has 9 nitrogen and oxygen atoms in total. The topological polar surface area (TPSA) is 111 Å². The lowest BCUT2D eigenvalue weighted by atomic mass is 10.1. The SMILES string of the molecule is CCCCCC/C=C/CCCCCCCC(=O)OC[C@H](COP(=O)([O-])OCC[N+](C)(C)C)OC(=O)CCCCCCCCCCC. The number of phosphoric acid groups is 1. The fraction of sp³-hybridized carbons (Fsp3) is 0.889. The van der Waals surface area contributed by atoms with Gasteiger partial charge in [-0.2, -0.15) is 0 Å². The number of hydrogen-bond acceptors (Lipinski definition) is 8. The van der Waals surface area contributed by atoms with E-state index in [1.54, 1.807) is 0 Å². The quantitative estimate of drug-likeness (QED) is 0.0223. The molecule has 0 aliphatic heterocycles. The van der Waals surface area contributed by atoms with E-state index in [9.17, 15) is 19.0 Å². The molecule has 0 radical (unpaired) electrons. The third-order valence-electron chi connectivity index (χ3n) is 7.79. The number of esters is 2. The molecule has 0 aliphatic carbocycles. The summed E-state index contributed by atoms with van der Waals surface area (Å²) < 4.78 is 33.6. The molecule has 0 aromatic rings. The van der Waals surface area contributed by atoms with Gasteiger partial charge in [0, 0.05) is 12.8 Å². The number of ether oxygens (including phenoxy) is 2. The molecule has 0 amide bonds. The lowest BCUT2D eigenvalue weighted by molar-refractivity contribution is -0.870. The summed E-state index contributed by atoms with van der Waals surface area (Å²) in [6.07, 6.45) is 26.7. The van der Waals surface area contributed by atoms with Crippen molar-refractivity contribution in [1.82, 2.24) is 0 Å². The van der Waals surface area contributed by atoms with Crippen molar-refractivity contribution < 1.29 is 42.1 Å². The smallest absolute Gasteiger partial charge is 0.306 e. The first-order chi connectivity index (χ1) is 22.0. The molecule has 2 atom stereocenters. The van der Waals surface area contributed by atoms with Crippen molar-refractivity contribution in [1.29, 1.82) is 0 Å². The Kier molecular flexibility index (Phi) is 29.0. The largest absolute Gasteiger partial charge is 0.756 e. The zero-order valence-electron chi connectivity index (χ0n) is 30.3. The summed E-state index contributed by atoms with van der Waals surface area (Å²) in [4.78, 5) is 37.2. The Balaban J connectivity index is 4.44. The number of nitrogens with zero attached hydrogens (tertiary/aromatic N) is 1. The zero-order valence-corrected chi connectivity index (χ0v) is 31.2. The van der Waals surface area contributed by atoms with E-state index in [2.05, 4.69) is 26.0 Å². The van der Waals surface area contributed by atoms with Crippen molar-refractivity contribution in [3.63, 3.8) is 0 Å². The highest BCUT2D eigenvalue weighted by atomic mass is 31.2. The number of carbonyl (C=O) groups is 2. The second-order valence-corrected chi connectivity index (χ2v) is 15.0. The highest BCUT2D eigenvalue weighted by Gasteiger charge is 2.21. The molecule has 0 saturated carbocycles. The highest BCUT2D eigenvalue weighted by Crippen LogP contribution is 2.38. The summed E-state index contributed by atoms with van der Waals surface area (Å²) >= 11 is 0. The maximum Gasteiger partial charge on any atom is 0.306 e. The molecule has 0 aromatic carbocycles. The van der Waals surface area contributed by atoms with Gasteiger partial charge in [0.05, 0.1) is 27.7 Å². The molecular formula is C36H70NO8P. The van der Waals surface area contributed by atoms with E-state index in [1.807, 2.05) is 21.1 Å². The average molecular weight is 676 g/mol. The van der Waals surface area contributed by atoms with Crippen LogP contribution in [0.25, 0.3) is 0 Å². The number of likely N-dealkylation sites (N-methyl/N-ethyl adjacent to an activating group) is 1. The first-order valence-corrected chi connectivity index (χ1v) is 19.9. The van der Waals surface area contributed by atoms with Crippen LogP contribution in [-0.2, 0) is 32.7 Å². The number of quaternary nitrogens is 1. The Morgan fingerprint density at radius 1 is 0.652 bits per heavy atom. The van der Waals surface area contributed by atoms with Gasteiger partial charge in [-0.1, -0.05) is 116 Å². The number of phosphoric ester groups is 1. The number of unbranched alkanes of at least 4 members (excludes halogenated alkanes) is 17. The molecule has 0 aliphatic rings. The Morgan fingerprint density at radius 2 is 1.11 bits per heavy atom. The van der Waals surface area contributed by atoms with E-state index in [-0.39, 0.29) is 26.1 Å². The third-order valence-corrected chi connectivity index (χ3v) is 8.75. The molecule has 0 N–H and O–H groups in total. The number of rotatable bonds is 33. The molecule has 0 heterocycles. The summed E-state index contributed by atoms with van der Waals surface area (Å²) in [5.74, 6) is -0.846.